The Hall–Kier alpha value is -2.07. The number of amides is 3. The second-order valence-corrected chi connectivity index (χ2v) is 9.52. The van der Waals surface area contributed by atoms with Crippen molar-refractivity contribution in [3.8, 4) is 0 Å². The number of imidazole rings is 1. The van der Waals surface area contributed by atoms with E-state index in [0.717, 1.165) is 32.1 Å². The molecule has 1 aliphatic carbocycles. The van der Waals surface area contributed by atoms with Crippen LogP contribution in [0.5, 0.6) is 0 Å². The maximum absolute atomic E-state index is 13.2. The van der Waals surface area contributed by atoms with Crippen molar-refractivity contribution in [3.63, 3.8) is 0 Å². The van der Waals surface area contributed by atoms with Gasteiger partial charge < -0.3 is 29.9 Å². The Morgan fingerprint density at radius 1 is 1.22 bits per heavy atom. The van der Waals surface area contributed by atoms with Gasteiger partial charge in [0.05, 0.1) is 6.33 Å². The van der Waals surface area contributed by atoms with E-state index in [1.54, 1.807) is 17.9 Å². The molecule has 32 heavy (non-hydrogen) atoms. The Morgan fingerprint density at radius 3 is 2.59 bits per heavy atom. The van der Waals surface area contributed by atoms with Crippen molar-refractivity contribution in [1.29, 1.82) is 0 Å². The van der Waals surface area contributed by atoms with Crippen LogP contribution in [0.15, 0.2) is 18.7 Å². The van der Waals surface area contributed by atoms with Crippen molar-refractivity contribution >= 4 is 19.0 Å². The summed E-state index contributed by atoms with van der Waals surface area (Å²) in [4.78, 5) is 33.8. The fraction of sp³-hybridized carbons (Fsp3) is 0.773. The highest BCUT2D eigenvalue weighted by Crippen LogP contribution is 2.21. The lowest BCUT2D eigenvalue weighted by molar-refractivity contribution is -0.126. The number of aromatic nitrogens is 2. The molecule has 3 rings (SSSR count). The van der Waals surface area contributed by atoms with Crippen LogP contribution >= 0.6 is 0 Å². The average molecular weight is 446 g/mol. The summed E-state index contributed by atoms with van der Waals surface area (Å²) in [6.07, 6.45) is 11.8. The number of hydrogen-bond donors (Lipinski definition) is 3. The van der Waals surface area contributed by atoms with Gasteiger partial charge in [-0.05, 0) is 32.0 Å². The molecule has 1 aromatic rings. The van der Waals surface area contributed by atoms with Gasteiger partial charge in [-0.2, -0.15) is 0 Å². The standard InChI is InChI=1S/C22H39BN6O3/c1-17(2)19(27-12-11-24-16-27)9-10-25-21(30)20-15-28(23(3)32)13-14-29(20)22(31)26-18-7-5-4-6-8-18/h11-12,16-20,32H,4-10,13-15H2,1-3H3,(H,25,30)(H,26,31)/t19?,20-/m1/s1. The van der Waals surface area contributed by atoms with Crippen LogP contribution in [0.1, 0.15) is 58.4 Å². The van der Waals surface area contributed by atoms with Gasteiger partial charge in [0.2, 0.25) is 5.91 Å². The number of carbonyl (C=O) groups is 2. The molecule has 10 heteroatoms. The smallest absolute Gasteiger partial charge is 0.376 e. The van der Waals surface area contributed by atoms with Gasteiger partial charge in [0.1, 0.15) is 6.04 Å². The van der Waals surface area contributed by atoms with E-state index in [1.165, 1.54) is 6.42 Å². The van der Waals surface area contributed by atoms with E-state index < -0.39 is 13.1 Å². The van der Waals surface area contributed by atoms with Gasteiger partial charge in [-0.15, -0.1) is 0 Å². The Labute approximate surface area is 192 Å². The molecule has 1 aromatic heterocycles. The summed E-state index contributed by atoms with van der Waals surface area (Å²) in [5, 5.41) is 16.2. The van der Waals surface area contributed by atoms with Gasteiger partial charge in [0, 0.05) is 50.7 Å². The van der Waals surface area contributed by atoms with Crippen molar-refractivity contribution < 1.29 is 14.6 Å². The molecule has 2 aliphatic rings. The summed E-state index contributed by atoms with van der Waals surface area (Å²) in [5.74, 6) is 0.238. The molecule has 1 unspecified atom stereocenters. The average Bonchev–Trinajstić information content (AvgIpc) is 3.31. The van der Waals surface area contributed by atoms with Crippen molar-refractivity contribution in [1.82, 2.24) is 29.9 Å². The van der Waals surface area contributed by atoms with Crippen LogP contribution in [0.3, 0.4) is 0 Å². The molecule has 3 N–H and O–H groups in total. The second kappa shape index (κ2) is 11.7. The number of piperazine rings is 1. The maximum atomic E-state index is 13.2. The molecule has 2 heterocycles. The van der Waals surface area contributed by atoms with Crippen LogP contribution in [0.2, 0.25) is 6.82 Å². The van der Waals surface area contributed by atoms with Gasteiger partial charge in [-0.1, -0.05) is 33.1 Å². The van der Waals surface area contributed by atoms with Crippen molar-refractivity contribution in [2.45, 2.75) is 77.3 Å². The number of urea groups is 1. The molecular weight excluding hydrogens is 407 g/mol. The van der Waals surface area contributed by atoms with E-state index in [4.69, 9.17) is 0 Å². The molecule has 1 aliphatic heterocycles. The highest BCUT2D eigenvalue weighted by atomic mass is 16.2. The molecule has 2 atom stereocenters. The minimum atomic E-state index is -0.652. The Bertz CT molecular complexity index is 723. The highest BCUT2D eigenvalue weighted by molar-refractivity contribution is 6.45. The summed E-state index contributed by atoms with van der Waals surface area (Å²) in [7, 11) is -0.652. The SMILES string of the molecule is CB(O)N1CCN(C(=O)NC2CCCCC2)[C@@H](C(=O)NCCC(C(C)C)n2ccnc2)C1. The lowest BCUT2D eigenvalue weighted by Crippen LogP contribution is -2.65. The molecule has 1 saturated heterocycles. The van der Waals surface area contributed by atoms with Crippen LogP contribution in [0, 0.1) is 5.92 Å². The third-order valence-electron chi connectivity index (χ3n) is 6.85. The summed E-state index contributed by atoms with van der Waals surface area (Å²) >= 11 is 0. The largest absolute Gasteiger partial charge is 0.437 e. The second-order valence-electron chi connectivity index (χ2n) is 9.52. The van der Waals surface area contributed by atoms with E-state index in [0.29, 0.717) is 32.1 Å². The lowest BCUT2D eigenvalue weighted by atomic mass is 9.83. The number of nitrogens with zero attached hydrogens (tertiary/aromatic N) is 4. The first-order chi connectivity index (χ1) is 15.4. The zero-order chi connectivity index (χ0) is 23.1. The summed E-state index contributed by atoms with van der Waals surface area (Å²) in [5.41, 5.74) is 0. The van der Waals surface area contributed by atoms with E-state index in [9.17, 15) is 14.6 Å². The summed E-state index contributed by atoms with van der Waals surface area (Å²) in [6, 6.07) is -0.353. The molecule has 2 fully saturated rings. The van der Waals surface area contributed by atoms with Gasteiger partial charge in [-0.3, -0.25) is 4.79 Å². The van der Waals surface area contributed by atoms with Gasteiger partial charge in [-0.25, -0.2) is 9.78 Å². The van der Waals surface area contributed by atoms with E-state index in [1.807, 2.05) is 17.3 Å². The Morgan fingerprint density at radius 2 is 1.97 bits per heavy atom. The molecular formula is C22H39BN6O3. The van der Waals surface area contributed by atoms with Crippen molar-refractivity contribution in [3.05, 3.63) is 18.7 Å². The fourth-order valence-electron chi connectivity index (χ4n) is 4.87. The predicted octanol–water partition coefficient (Wildman–Crippen LogP) is 1.73. The first kappa shape index (κ1) is 24.6. The monoisotopic (exact) mass is 446 g/mol. The van der Waals surface area contributed by atoms with Crippen LogP contribution in [-0.2, 0) is 4.79 Å². The fourth-order valence-corrected chi connectivity index (χ4v) is 4.87. The van der Waals surface area contributed by atoms with Gasteiger partial charge in [0.15, 0.2) is 0 Å². The normalized spacial score (nSPS) is 21.4. The van der Waals surface area contributed by atoms with Gasteiger partial charge in [0.25, 0.3) is 0 Å². The summed E-state index contributed by atoms with van der Waals surface area (Å²) < 4.78 is 2.08. The molecule has 0 bridgehead atoms. The van der Waals surface area contributed by atoms with Crippen LogP contribution in [0.4, 0.5) is 4.79 Å². The third-order valence-corrected chi connectivity index (χ3v) is 6.85. The maximum Gasteiger partial charge on any atom is 0.376 e. The van der Waals surface area contributed by atoms with E-state index in [2.05, 4.69) is 34.0 Å². The lowest BCUT2D eigenvalue weighted by Gasteiger charge is -2.41. The number of carbonyl (C=O) groups excluding carboxylic acids is 2. The topological polar surface area (TPSA) is 103 Å². The predicted molar refractivity (Wildman–Crippen MR) is 125 cm³/mol. The summed E-state index contributed by atoms with van der Waals surface area (Å²) in [6.45, 7) is 7.84. The molecule has 0 aromatic carbocycles. The molecule has 0 spiro atoms. The number of rotatable bonds is 8. The third kappa shape index (κ3) is 6.48. The molecule has 9 nitrogen and oxygen atoms in total. The van der Waals surface area contributed by atoms with Crippen LogP contribution in [0.25, 0.3) is 0 Å². The van der Waals surface area contributed by atoms with Gasteiger partial charge >= 0.3 is 13.1 Å². The molecule has 0 radical (unpaired) electrons. The van der Waals surface area contributed by atoms with Crippen molar-refractivity contribution in [2.75, 3.05) is 26.2 Å². The zero-order valence-corrected chi connectivity index (χ0v) is 19.7. The van der Waals surface area contributed by atoms with Crippen molar-refractivity contribution in [2.24, 2.45) is 5.92 Å². The minimum absolute atomic E-state index is 0.165. The van der Waals surface area contributed by atoms with E-state index in [-0.39, 0.29) is 24.0 Å². The first-order valence-corrected chi connectivity index (χ1v) is 12.1. The number of nitrogens with one attached hydrogen (secondary N) is 2. The zero-order valence-electron chi connectivity index (χ0n) is 19.7. The quantitative estimate of drug-likeness (QED) is 0.528. The molecule has 3 amide bonds. The van der Waals surface area contributed by atoms with Crippen LogP contribution in [-0.4, -0.2) is 81.5 Å². The Kier molecular flexibility index (Phi) is 8.98. The Balaban J connectivity index is 1.60. The van der Waals surface area contributed by atoms with E-state index >= 15 is 0 Å². The molecule has 1 saturated carbocycles. The number of hydrogen-bond acceptors (Lipinski definition) is 5. The minimum Gasteiger partial charge on any atom is -0.437 e. The first-order valence-electron chi connectivity index (χ1n) is 12.1. The molecule has 178 valence electrons. The highest BCUT2D eigenvalue weighted by Gasteiger charge is 2.37. The van der Waals surface area contributed by atoms with Crippen LogP contribution < -0.4 is 10.6 Å².